The lowest BCUT2D eigenvalue weighted by Crippen LogP contribution is -2.22. The molecule has 98 valence electrons. The smallest absolute Gasteiger partial charge is 0.165 e. The van der Waals surface area contributed by atoms with Gasteiger partial charge >= 0.3 is 0 Å². The first-order valence-corrected chi connectivity index (χ1v) is 7.59. The molecule has 0 heterocycles. The minimum absolute atomic E-state index is 0.244. The summed E-state index contributed by atoms with van der Waals surface area (Å²) in [6.45, 7) is 6.37. The Labute approximate surface area is 118 Å². The van der Waals surface area contributed by atoms with E-state index in [4.69, 9.17) is 0 Å². The maximum Gasteiger partial charge on any atom is 0.165 e. The third-order valence-corrected chi connectivity index (χ3v) is 5.28. The molecule has 1 nitrogen and oxygen atoms in total. The van der Waals surface area contributed by atoms with E-state index >= 15 is 0 Å². The van der Waals surface area contributed by atoms with E-state index in [1.807, 2.05) is 12.1 Å². The molecule has 2 atom stereocenters. The van der Waals surface area contributed by atoms with Crippen LogP contribution in [0.2, 0.25) is 0 Å². The minimum Gasteiger partial charge on any atom is -0.294 e. The van der Waals surface area contributed by atoms with Gasteiger partial charge in [-0.25, -0.2) is 0 Å². The molecule has 0 aromatic heterocycles. The molecule has 1 aliphatic carbocycles. The van der Waals surface area contributed by atoms with Gasteiger partial charge in [0.05, 0.1) is 0 Å². The number of ketones is 1. The molecule has 0 bridgehead atoms. The van der Waals surface area contributed by atoms with Crippen molar-refractivity contribution in [1.82, 2.24) is 0 Å². The summed E-state index contributed by atoms with van der Waals surface area (Å²) < 4.78 is 1.12. The van der Waals surface area contributed by atoms with Gasteiger partial charge in [-0.15, -0.1) is 0 Å². The molecule has 1 aromatic rings. The monoisotopic (exact) mass is 308 g/mol. The molecule has 1 aromatic carbocycles. The fourth-order valence-corrected chi connectivity index (χ4v) is 3.23. The Bertz CT molecular complexity index is 441. The highest BCUT2D eigenvalue weighted by atomic mass is 79.9. The first-order chi connectivity index (χ1) is 8.49. The van der Waals surface area contributed by atoms with Crippen LogP contribution in [0.3, 0.4) is 0 Å². The molecule has 2 heteroatoms. The largest absolute Gasteiger partial charge is 0.294 e. The fraction of sp³-hybridized carbons (Fsp3) is 0.562. The minimum atomic E-state index is 0.244. The van der Waals surface area contributed by atoms with Crippen molar-refractivity contribution in [1.29, 1.82) is 0 Å². The van der Waals surface area contributed by atoms with Crippen LogP contribution in [0.25, 0.3) is 0 Å². The molecule has 0 amide bonds. The van der Waals surface area contributed by atoms with Crippen LogP contribution in [0.5, 0.6) is 0 Å². The molecular weight excluding hydrogens is 288 g/mol. The molecule has 1 saturated carbocycles. The number of aryl methyl sites for hydroxylation is 2. The standard InChI is InChI=1S/C16H21BrO/c1-10-5-4-6-13(7-10)16(18)14-8-11(2)15(17)12(3)9-14/h8-10,13H,4-7H2,1-3H3. The number of carbonyl (C=O) groups is 1. The second kappa shape index (κ2) is 5.56. The Balaban J connectivity index is 2.23. The van der Waals surface area contributed by atoms with Crippen molar-refractivity contribution in [3.8, 4) is 0 Å². The van der Waals surface area contributed by atoms with Crippen LogP contribution >= 0.6 is 15.9 Å². The van der Waals surface area contributed by atoms with Crippen molar-refractivity contribution in [2.75, 3.05) is 0 Å². The van der Waals surface area contributed by atoms with Gasteiger partial charge < -0.3 is 0 Å². The highest BCUT2D eigenvalue weighted by Crippen LogP contribution is 2.32. The second-order valence-corrected chi connectivity index (χ2v) is 6.55. The molecule has 0 spiro atoms. The van der Waals surface area contributed by atoms with Gasteiger partial charge in [0.2, 0.25) is 0 Å². The summed E-state index contributed by atoms with van der Waals surface area (Å²) in [5, 5.41) is 0. The number of rotatable bonds is 2. The maximum atomic E-state index is 12.5. The highest BCUT2D eigenvalue weighted by molar-refractivity contribution is 9.10. The molecule has 2 unspecified atom stereocenters. The van der Waals surface area contributed by atoms with Crippen LogP contribution in [0.1, 0.15) is 54.1 Å². The van der Waals surface area contributed by atoms with Crippen molar-refractivity contribution in [3.63, 3.8) is 0 Å². The lowest BCUT2D eigenvalue weighted by atomic mass is 9.78. The van der Waals surface area contributed by atoms with E-state index in [0.29, 0.717) is 11.7 Å². The predicted molar refractivity (Wildman–Crippen MR) is 79.1 cm³/mol. The van der Waals surface area contributed by atoms with E-state index in [1.165, 1.54) is 12.8 Å². The average molecular weight is 309 g/mol. The second-order valence-electron chi connectivity index (χ2n) is 5.76. The molecule has 2 rings (SSSR count). The summed E-state index contributed by atoms with van der Waals surface area (Å²) >= 11 is 3.56. The van der Waals surface area contributed by atoms with Crippen molar-refractivity contribution in [2.24, 2.45) is 11.8 Å². The quantitative estimate of drug-likeness (QED) is 0.697. The van der Waals surface area contributed by atoms with Gasteiger partial charge in [0.1, 0.15) is 0 Å². The van der Waals surface area contributed by atoms with Crippen molar-refractivity contribution in [2.45, 2.75) is 46.5 Å². The third-order valence-electron chi connectivity index (χ3n) is 4.03. The summed E-state index contributed by atoms with van der Waals surface area (Å²) in [6.07, 6.45) is 4.61. The Morgan fingerprint density at radius 1 is 1.22 bits per heavy atom. The zero-order valence-electron chi connectivity index (χ0n) is 11.4. The van der Waals surface area contributed by atoms with Crippen molar-refractivity contribution >= 4 is 21.7 Å². The summed E-state index contributed by atoms with van der Waals surface area (Å²) in [5.74, 6) is 1.29. The predicted octanol–water partition coefficient (Wildman–Crippen LogP) is 5.07. The van der Waals surface area contributed by atoms with Crippen molar-refractivity contribution in [3.05, 3.63) is 33.3 Å². The Kier molecular flexibility index (Phi) is 4.26. The summed E-state index contributed by atoms with van der Waals surface area (Å²) in [6, 6.07) is 4.05. The van der Waals surface area contributed by atoms with Gasteiger partial charge in [0, 0.05) is 16.0 Å². The first kappa shape index (κ1) is 13.8. The van der Waals surface area contributed by atoms with Crippen LogP contribution < -0.4 is 0 Å². The van der Waals surface area contributed by atoms with E-state index in [0.717, 1.165) is 34.0 Å². The SMILES string of the molecule is Cc1cc(C(=O)C2CCCC(C)C2)cc(C)c1Br. The van der Waals surface area contributed by atoms with Gasteiger partial charge in [0.15, 0.2) is 5.78 Å². The topological polar surface area (TPSA) is 17.1 Å². The molecule has 0 radical (unpaired) electrons. The number of carbonyl (C=O) groups excluding carboxylic acids is 1. The van der Waals surface area contributed by atoms with Crippen LogP contribution in [0.15, 0.2) is 16.6 Å². The number of benzene rings is 1. The van der Waals surface area contributed by atoms with E-state index in [1.54, 1.807) is 0 Å². The summed E-state index contributed by atoms with van der Waals surface area (Å²) in [4.78, 5) is 12.5. The molecule has 1 aliphatic rings. The fourth-order valence-electron chi connectivity index (χ4n) is 3.00. The van der Waals surface area contributed by atoms with Crippen molar-refractivity contribution < 1.29 is 4.79 Å². The van der Waals surface area contributed by atoms with E-state index in [-0.39, 0.29) is 5.92 Å². The Morgan fingerprint density at radius 2 is 1.83 bits per heavy atom. The van der Waals surface area contributed by atoms with Crippen LogP contribution in [0, 0.1) is 25.7 Å². The zero-order valence-corrected chi connectivity index (χ0v) is 13.0. The lowest BCUT2D eigenvalue weighted by Gasteiger charge is -2.25. The molecule has 1 fully saturated rings. The lowest BCUT2D eigenvalue weighted by molar-refractivity contribution is 0.0868. The number of Topliss-reactive ketones (excluding diaryl/α,β-unsaturated/α-hetero) is 1. The summed E-state index contributed by atoms with van der Waals surface area (Å²) in [5.41, 5.74) is 3.21. The van der Waals surface area contributed by atoms with E-state index in [2.05, 4.69) is 36.7 Å². The van der Waals surface area contributed by atoms with Gasteiger partial charge in [-0.05, 0) is 55.9 Å². The Morgan fingerprint density at radius 3 is 2.39 bits per heavy atom. The Hall–Kier alpha value is -0.630. The van der Waals surface area contributed by atoms with E-state index < -0.39 is 0 Å². The number of hydrogen-bond acceptors (Lipinski definition) is 1. The van der Waals surface area contributed by atoms with E-state index in [9.17, 15) is 4.79 Å². The normalized spacial score (nSPS) is 24.0. The first-order valence-electron chi connectivity index (χ1n) is 6.80. The van der Waals surface area contributed by atoms with Crippen LogP contribution in [0.4, 0.5) is 0 Å². The van der Waals surface area contributed by atoms with Gasteiger partial charge in [-0.3, -0.25) is 4.79 Å². The summed E-state index contributed by atoms with van der Waals surface area (Å²) in [7, 11) is 0. The van der Waals surface area contributed by atoms with Gasteiger partial charge in [0.25, 0.3) is 0 Å². The number of halogens is 1. The van der Waals surface area contributed by atoms with Crippen LogP contribution in [-0.4, -0.2) is 5.78 Å². The molecule has 0 N–H and O–H groups in total. The zero-order chi connectivity index (χ0) is 13.3. The highest BCUT2D eigenvalue weighted by Gasteiger charge is 2.26. The average Bonchev–Trinajstić information content (AvgIpc) is 2.34. The van der Waals surface area contributed by atoms with Gasteiger partial charge in [-0.1, -0.05) is 35.7 Å². The third kappa shape index (κ3) is 2.85. The number of hydrogen-bond donors (Lipinski definition) is 0. The molecule has 0 aliphatic heterocycles. The van der Waals surface area contributed by atoms with Gasteiger partial charge in [-0.2, -0.15) is 0 Å². The molecular formula is C16H21BrO. The maximum absolute atomic E-state index is 12.5. The molecule has 18 heavy (non-hydrogen) atoms. The molecule has 0 saturated heterocycles. The van der Waals surface area contributed by atoms with Crippen LogP contribution in [-0.2, 0) is 0 Å².